The predicted molar refractivity (Wildman–Crippen MR) is 116 cm³/mol. The molecule has 0 spiro atoms. The quantitative estimate of drug-likeness (QED) is 0.729. The normalized spacial score (nSPS) is 21.3. The first-order valence-corrected chi connectivity index (χ1v) is 11.8. The number of ether oxygens (including phenoxy) is 1. The molecule has 1 saturated heterocycles. The van der Waals surface area contributed by atoms with Gasteiger partial charge in [-0.25, -0.2) is 12.8 Å². The molecule has 2 aromatic rings. The number of hydrogen-bond acceptors (Lipinski definition) is 5. The second-order valence-corrected chi connectivity index (χ2v) is 9.94. The van der Waals surface area contributed by atoms with Crippen LogP contribution in [0.2, 0.25) is 0 Å². The zero-order valence-electron chi connectivity index (χ0n) is 17.7. The van der Waals surface area contributed by atoms with E-state index in [0.717, 1.165) is 0 Å². The molecule has 2 aliphatic heterocycles. The fraction of sp³-hybridized carbons (Fsp3) is 0.364. The number of carbonyl (C=O) groups excluding carboxylic acids is 2. The lowest BCUT2D eigenvalue weighted by atomic mass is 9.98. The van der Waals surface area contributed by atoms with Crippen molar-refractivity contribution in [3.8, 4) is 5.75 Å². The molecule has 0 bridgehead atoms. The van der Waals surface area contributed by atoms with Crippen LogP contribution in [-0.4, -0.2) is 43.7 Å². The Labute approximate surface area is 185 Å². The minimum Gasteiger partial charge on any atom is -0.479 e. The summed E-state index contributed by atoms with van der Waals surface area (Å²) >= 11 is 0. The standard InChI is InChI=1S/C22H24FN3O5S/c1-13-10-18-19(31-14(2)21(27)25-18)11-20(13)32(29,30)26-9-5-6-15(12-26)22(28)24-17-8-4-3-7-16(17)23/h3-4,7-8,10-11,14-15H,5-6,9,12H2,1-2H3,(H,24,28)(H,25,27)/t14-,15+/m1/s1. The van der Waals surface area contributed by atoms with Gasteiger partial charge in [-0.1, -0.05) is 12.1 Å². The molecule has 2 aromatic carbocycles. The molecule has 2 amide bonds. The van der Waals surface area contributed by atoms with E-state index >= 15 is 0 Å². The Balaban J connectivity index is 1.55. The Morgan fingerprint density at radius 3 is 2.78 bits per heavy atom. The summed E-state index contributed by atoms with van der Waals surface area (Å²) in [5, 5.41) is 5.26. The van der Waals surface area contributed by atoms with Crippen LogP contribution < -0.4 is 15.4 Å². The van der Waals surface area contributed by atoms with Gasteiger partial charge in [0.1, 0.15) is 11.6 Å². The fourth-order valence-electron chi connectivity index (χ4n) is 3.93. The van der Waals surface area contributed by atoms with Gasteiger partial charge in [-0.2, -0.15) is 4.31 Å². The molecule has 10 heteroatoms. The molecule has 32 heavy (non-hydrogen) atoms. The van der Waals surface area contributed by atoms with E-state index in [1.807, 2.05) is 0 Å². The molecule has 2 heterocycles. The van der Waals surface area contributed by atoms with Crippen LogP contribution >= 0.6 is 0 Å². The molecule has 2 aliphatic rings. The van der Waals surface area contributed by atoms with E-state index in [9.17, 15) is 22.4 Å². The van der Waals surface area contributed by atoms with Gasteiger partial charge >= 0.3 is 0 Å². The average Bonchev–Trinajstić information content (AvgIpc) is 2.76. The predicted octanol–water partition coefficient (Wildman–Crippen LogP) is 2.89. The highest BCUT2D eigenvalue weighted by Gasteiger charge is 2.35. The molecule has 0 radical (unpaired) electrons. The molecule has 0 unspecified atom stereocenters. The zero-order chi connectivity index (χ0) is 23.0. The Morgan fingerprint density at radius 1 is 1.28 bits per heavy atom. The van der Waals surface area contributed by atoms with Gasteiger partial charge in [0.2, 0.25) is 15.9 Å². The Hall–Kier alpha value is -2.98. The monoisotopic (exact) mass is 461 g/mol. The van der Waals surface area contributed by atoms with Crippen molar-refractivity contribution in [2.24, 2.45) is 5.92 Å². The summed E-state index contributed by atoms with van der Waals surface area (Å²) in [5.74, 6) is -1.59. The number of carbonyl (C=O) groups is 2. The molecule has 2 N–H and O–H groups in total. The van der Waals surface area contributed by atoms with Gasteiger partial charge < -0.3 is 15.4 Å². The summed E-state index contributed by atoms with van der Waals surface area (Å²) in [6.07, 6.45) is 0.270. The average molecular weight is 462 g/mol. The molecular formula is C22H24FN3O5S. The summed E-state index contributed by atoms with van der Waals surface area (Å²) in [7, 11) is -3.92. The zero-order valence-corrected chi connectivity index (χ0v) is 18.5. The Bertz CT molecular complexity index is 1180. The third-order valence-corrected chi connectivity index (χ3v) is 7.72. The SMILES string of the molecule is Cc1cc2c(cc1S(=O)(=O)N1CCC[C@H](C(=O)Nc3ccccc3F)C1)O[C@H](C)C(=O)N2. The number of nitrogens with zero attached hydrogens (tertiary/aromatic N) is 1. The van der Waals surface area contributed by atoms with Crippen molar-refractivity contribution in [2.75, 3.05) is 23.7 Å². The molecular weight excluding hydrogens is 437 g/mol. The number of halogens is 1. The van der Waals surface area contributed by atoms with Crippen LogP contribution in [-0.2, 0) is 19.6 Å². The third kappa shape index (κ3) is 4.20. The largest absolute Gasteiger partial charge is 0.479 e. The third-order valence-electron chi connectivity index (χ3n) is 5.71. The van der Waals surface area contributed by atoms with Gasteiger partial charge in [0, 0.05) is 19.2 Å². The molecule has 170 valence electrons. The van der Waals surface area contributed by atoms with E-state index in [-0.39, 0.29) is 35.3 Å². The van der Waals surface area contributed by atoms with Crippen molar-refractivity contribution in [2.45, 2.75) is 37.7 Å². The van der Waals surface area contributed by atoms with Crippen molar-refractivity contribution in [3.63, 3.8) is 0 Å². The van der Waals surface area contributed by atoms with Crippen molar-refractivity contribution in [1.82, 2.24) is 4.31 Å². The molecule has 1 fully saturated rings. The van der Waals surface area contributed by atoms with Crippen LogP contribution in [0, 0.1) is 18.7 Å². The molecule has 2 atom stereocenters. The van der Waals surface area contributed by atoms with E-state index in [0.29, 0.717) is 24.1 Å². The molecule has 0 saturated carbocycles. The molecule has 0 aliphatic carbocycles. The van der Waals surface area contributed by atoms with Gasteiger partial charge in [0.25, 0.3) is 5.91 Å². The lowest BCUT2D eigenvalue weighted by molar-refractivity contribution is -0.123. The minimum absolute atomic E-state index is 0.00681. The number of hydrogen-bond donors (Lipinski definition) is 2. The number of sulfonamides is 1. The van der Waals surface area contributed by atoms with E-state index in [2.05, 4.69) is 10.6 Å². The van der Waals surface area contributed by atoms with Crippen LogP contribution in [0.3, 0.4) is 0 Å². The number of piperidine rings is 1. The molecule has 4 rings (SSSR count). The summed E-state index contributed by atoms with van der Waals surface area (Å²) in [6, 6.07) is 8.83. The number of rotatable bonds is 4. The number of aryl methyl sites for hydroxylation is 1. The first kappa shape index (κ1) is 22.2. The Kier molecular flexibility index (Phi) is 5.91. The topological polar surface area (TPSA) is 105 Å². The summed E-state index contributed by atoms with van der Waals surface area (Å²) in [5.41, 5.74) is 0.946. The van der Waals surface area contributed by atoms with Crippen LogP contribution in [0.1, 0.15) is 25.3 Å². The van der Waals surface area contributed by atoms with Crippen LogP contribution in [0.15, 0.2) is 41.3 Å². The maximum Gasteiger partial charge on any atom is 0.265 e. The number of nitrogens with one attached hydrogen (secondary N) is 2. The number of anilines is 2. The van der Waals surface area contributed by atoms with Gasteiger partial charge in [-0.3, -0.25) is 9.59 Å². The fourth-order valence-corrected chi connectivity index (χ4v) is 5.68. The lowest BCUT2D eigenvalue weighted by Crippen LogP contribution is -2.44. The second-order valence-electron chi connectivity index (χ2n) is 8.03. The first-order valence-electron chi connectivity index (χ1n) is 10.3. The van der Waals surface area contributed by atoms with Gasteiger partial charge in [0.05, 0.1) is 22.2 Å². The van der Waals surface area contributed by atoms with Gasteiger partial charge in [0.15, 0.2) is 6.10 Å². The summed E-state index contributed by atoms with van der Waals surface area (Å²) in [6.45, 7) is 3.49. The smallest absolute Gasteiger partial charge is 0.265 e. The lowest BCUT2D eigenvalue weighted by Gasteiger charge is -2.32. The highest BCUT2D eigenvalue weighted by atomic mass is 32.2. The minimum atomic E-state index is -3.92. The van der Waals surface area contributed by atoms with Crippen molar-refractivity contribution < 1.29 is 27.1 Å². The number of benzene rings is 2. The Morgan fingerprint density at radius 2 is 2.03 bits per heavy atom. The number of para-hydroxylation sites is 1. The number of fused-ring (bicyclic) bond motifs is 1. The highest BCUT2D eigenvalue weighted by Crippen LogP contribution is 2.36. The van der Waals surface area contributed by atoms with Crippen molar-refractivity contribution in [3.05, 3.63) is 47.8 Å². The summed E-state index contributed by atoms with van der Waals surface area (Å²) < 4.78 is 47.5. The number of amides is 2. The maximum absolute atomic E-state index is 13.9. The molecule has 8 nitrogen and oxygen atoms in total. The van der Waals surface area contributed by atoms with E-state index in [1.54, 1.807) is 26.0 Å². The first-order chi connectivity index (χ1) is 15.2. The van der Waals surface area contributed by atoms with Gasteiger partial charge in [-0.05, 0) is 50.5 Å². The van der Waals surface area contributed by atoms with Crippen molar-refractivity contribution >= 4 is 33.2 Å². The van der Waals surface area contributed by atoms with Crippen molar-refractivity contribution in [1.29, 1.82) is 0 Å². The van der Waals surface area contributed by atoms with Gasteiger partial charge in [-0.15, -0.1) is 0 Å². The van der Waals surface area contributed by atoms with Crippen LogP contribution in [0.4, 0.5) is 15.8 Å². The van der Waals surface area contributed by atoms with E-state index < -0.39 is 33.8 Å². The maximum atomic E-state index is 13.9. The van der Waals surface area contributed by atoms with Crippen LogP contribution in [0.5, 0.6) is 5.75 Å². The van der Waals surface area contributed by atoms with E-state index in [4.69, 9.17) is 4.74 Å². The molecule has 0 aromatic heterocycles. The van der Waals surface area contributed by atoms with Crippen LogP contribution in [0.25, 0.3) is 0 Å². The van der Waals surface area contributed by atoms with E-state index in [1.165, 1.54) is 28.6 Å². The second kappa shape index (κ2) is 8.51. The highest BCUT2D eigenvalue weighted by molar-refractivity contribution is 7.89. The summed E-state index contributed by atoms with van der Waals surface area (Å²) in [4.78, 5) is 24.6.